The van der Waals surface area contributed by atoms with E-state index in [1.165, 1.54) is 32.1 Å². The Labute approximate surface area is 117 Å². The van der Waals surface area contributed by atoms with E-state index in [1.807, 2.05) is 0 Å². The van der Waals surface area contributed by atoms with Crippen LogP contribution in [0.15, 0.2) is 0 Å². The molecular weight excluding hydrogens is 238 g/mol. The SMILES string of the molecule is CC(=O)OC1[C@@H]2CCCCC[C@H]1CN(C(C)(C)C)C2. The number of nitrogens with zero attached hydrogens (tertiary/aromatic N) is 1. The summed E-state index contributed by atoms with van der Waals surface area (Å²) in [4.78, 5) is 14.0. The highest BCUT2D eigenvalue weighted by Crippen LogP contribution is 2.37. The van der Waals surface area contributed by atoms with Crippen LogP contribution in [0.4, 0.5) is 0 Å². The van der Waals surface area contributed by atoms with Gasteiger partial charge in [-0.15, -0.1) is 0 Å². The van der Waals surface area contributed by atoms with Crippen molar-refractivity contribution in [2.45, 2.75) is 71.4 Å². The van der Waals surface area contributed by atoms with Crippen molar-refractivity contribution in [1.29, 1.82) is 0 Å². The van der Waals surface area contributed by atoms with E-state index in [0.717, 1.165) is 13.1 Å². The van der Waals surface area contributed by atoms with Gasteiger partial charge in [0.2, 0.25) is 0 Å². The third-order valence-corrected chi connectivity index (χ3v) is 4.74. The van der Waals surface area contributed by atoms with Gasteiger partial charge in [-0.2, -0.15) is 0 Å². The summed E-state index contributed by atoms with van der Waals surface area (Å²) < 4.78 is 5.69. The second-order valence-corrected chi connectivity index (χ2v) is 7.31. The van der Waals surface area contributed by atoms with Crippen molar-refractivity contribution in [3.63, 3.8) is 0 Å². The van der Waals surface area contributed by atoms with Gasteiger partial charge in [-0.25, -0.2) is 0 Å². The molecule has 0 radical (unpaired) electrons. The molecule has 1 aliphatic heterocycles. The summed E-state index contributed by atoms with van der Waals surface area (Å²) in [5.74, 6) is 0.953. The van der Waals surface area contributed by atoms with Gasteiger partial charge in [-0.1, -0.05) is 19.3 Å². The lowest BCUT2D eigenvalue weighted by Gasteiger charge is -2.49. The van der Waals surface area contributed by atoms with E-state index < -0.39 is 0 Å². The van der Waals surface area contributed by atoms with Crippen LogP contribution in [0.25, 0.3) is 0 Å². The molecule has 2 aliphatic rings. The molecule has 0 amide bonds. The summed E-state index contributed by atoms with van der Waals surface area (Å²) in [5.41, 5.74) is 0.219. The minimum Gasteiger partial charge on any atom is -0.462 e. The Balaban J connectivity index is 2.15. The highest BCUT2D eigenvalue weighted by Gasteiger charge is 2.41. The summed E-state index contributed by atoms with van der Waals surface area (Å²) in [6, 6.07) is 0. The zero-order chi connectivity index (χ0) is 14.0. The maximum absolute atomic E-state index is 11.4. The van der Waals surface area contributed by atoms with Crippen LogP contribution in [-0.2, 0) is 9.53 Å². The van der Waals surface area contributed by atoms with E-state index in [4.69, 9.17) is 4.74 Å². The Hall–Kier alpha value is -0.570. The third-order valence-electron chi connectivity index (χ3n) is 4.74. The minimum absolute atomic E-state index is 0.107. The average Bonchev–Trinajstić information content (AvgIpc) is 2.29. The summed E-state index contributed by atoms with van der Waals surface area (Å²) in [5, 5.41) is 0. The van der Waals surface area contributed by atoms with Crippen molar-refractivity contribution >= 4 is 5.97 Å². The molecule has 1 saturated heterocycles. The molecule has 110 valence electrons. The van der Waals surface area contributed by atoms with Crippen molar-refractivity contribution < 1.29 is 9.53 Å². The van der Waals surface area contributed by atoms with Crippen LogP contribution in [-0.4, -0.2) is 35.6 Å². The van der Waals surface area contributed by atoms with Crippen LogP contribution in [0.1, 0.15) is 59.8 Å². The number of piperidine rings is 1. The first-order chi connectivity index (χ1) is 8.88. The van der Waals surface area contributed by atoms with Gasteiger partial charge in [0.1, 0.15) is 6.10 Å². The van der Waals surface area contributed by atoms with Gasteiger partial charge in [0.25, 0.3) is 0 Å². The lowest BCUT2D eigenvalue weighted by Crippen LogP contribution is -2.56. The smallest absolute Gasteiger partial charge is 0.302 e. The van der Waals surface area contributed by atoms with E-state index in [1.54, 1.807) is 6.92 Å². The molecule has 19 heavy (non-hydrogen) atoms. The van der Waals surface area contributed by atoms with Crippen LogP contribution < -0.4 is 0 Å². The molecule has 1 heterocycles. The van der Waals surface area contributed by atoms with E-state index in [0.29, 0.717) is 11.8 Å². The summed E-state index contributed by atoms with van der Waals surface area (Å²) in [6.07, 6.45) is 6.49. The molecule has 2 rings (SSSR count). The highest BCUT2D eigenvalue weighted by molar-refractivity contribution is 5.66. The zero-order valence-corrected chi connectivity index (χ0v) is 12.9. The molecule has 3 heteroatoms. The third kappa shape index (κ3) is 3.71. The average molecular weight is 267 g/mol. The Morgan fingerprint density at radius 2 is 1.58 bits per heavy atom. The number of hydrogen-bond acceptors (Lipinski definition) is 3. The summed E-state index contributed by atoms with van der Waals surface area (Å²) in [6.45, 7) is 10.6. The van der Waals surface area contributed by atoms with E-state index in [-0.39, 0.29) is 17.6 Å². The molecular formula is C16H29NO2. The lowest BCUT2D eigenvalue weighted by atomic mass is 9.76. The molecule has 1 saturated carbocycles. The van der Waals surface area contributed by atoms with Crippen molar-refractivity contribution in [2.75, 3.05) is 13.1 Å². The van der Waals surface area contributed by atoms with Gasteiger partial charge in [0, 0.05) is 37.4 Å². The van der Waals surface area contributed by atoms with Gasteiger partial charge in [-0.05, 0) is 33.6 Å². The maximum atomic E-state index is 11.4. The van der Waals surface area contributed by atoms with Crippen molar-refractivity contribution in [2.24, 2.45) is 11.8 Å². The quantitative estimate of drug-likeness (QED) is 0.683. The summed E-state index contributed by atoms with van der Waals surface area (Å²) >= 11 is 0. The first-order valence-electron chi connectivity index (χ1n) is 7.80. The number of carbonyl (C=O) groups excluding carboxylic acids is 1. The second-order valence-electron chi connectivity index (χ2n) is 7.31. The number of carbonyl (C=O) groups is 1. The van der Waals surface area contributed by atoms with Crippen LogP contribution >= 0.6 is 0 Å². The largest absolute Gasteiger partial charge is 0.462 e. The Morgan fingerprint density at radius 1 is 1.05 bits per heavy atom. The molecule has 1 unspecified atom stereocenters. The lowest BCUT2D eigenvalue weighted by molar-refractivity contribution is -0.160. The normalized spacial score (nSPS) is 33.4. The minimum atomic E-state index is -0.107. The first kappa shape index (κ1) is 14.8. The van der Waals surface area contributed by atoms with Gasteiger partial charge in [0.05, 0.1) is 0 Å². The predicted octanol–water partition coefficient (Wildman–Crippen LogP) is 3.23. The zero-order valence-electron chi connectivity index (χ0n) is 12.9. The van der Waals surface area contributed by atoms with Gasteiger partial charge in [0.15, 0.2) is 0 Å². The molecule has 2 fully saturated rings. The number of hydrogen-bond donors (Lipinski definition) is 0. The number of esters is 1. The monoisotopic (exact) mass is 267 g/mol. The topological polar surface area (TPSA) is 29.5 Å². The molecule has 0 N–H and O–H groups in total. The number of fused-ring (bicyclic) bond motifs is 2. The van der Waals surface area contributed by atoms with Crippen molar-refractivity contribution in [3.8, 4) is 0 Å². The van der Waals surface area contributed by atoms with Crippen LogP contribution in [0.5, 0.6) is 0 Å². The maximum Gasteiger partial charge on any atom is 0.302 e. The summed E-state index contributed by atoms with van der Waals surface area (Å²) in [7, 11) is 0. The van der Waals surface area contributed by atoms with Crippen molar-refractivity contribution in [1.82, 2.24) is 4.90 Å². The Morgan fingerprint density at radius 3 is 2.00 bits per heavy atom. The number of rotatable bonds is 1. The van der Waals surface area contributed by atoms with E-state index in [2.05, 4.69) is 25.7 Å². The Kier molecular flexibility index (Phi) is 4.54. The molecule has 2 bridgehead atoms. The van der Waals surface area contributed by atoms with Gasteiger partial charge < -0.3 is 4.74 Å². The highest BCUT2D eigenvalue weighted by atomic mass is 16.5. The Bertz CT molecular complexity index is 305. The van der Waals surface area contributed by atoms with Gasteiger partial charge >= 0.3 is 5.97 Å². The first-order valence-corrected chi connectivity index (χ1v) is 7.80. The van der Waals surface area contributed by atoms with Crippen LogP contribution in [0.2, 0.25) is 0 Å². The molecule has 3 atom stereocenters. The number of likely N-dealkylation sites (tertiary alicyclic amines) is 1. The van der Waals surface area contributed by atoms with E-state index >= 15 is 0 Å². The predicted molar refractivity (Wildman–Crippen MR) is 76.9 cm³/mol. The fraction of sp³-hybridized carbons (Fsp3) is 0.938. The van der Waals surface area contributed by atoms with Crippen LogP contribution in [0, 0.1) is 11.8 Å². The second kappa shape index (κ2) is 5.82. The van der Waals surface area contributed by atoms with Crippen molar-refractivity contribution in [3.05, 3.63) is 0 Å². The number of ether oxygens (including phenoxy) is 1. The molecule has 0 aromatic rings. The molecule has 0 aromatic heterocycles. The standard InChI is InChI=1S/C16H29NO2/c1-12(18)19-15-13-8-6-5-7-9-14(15)11-17(10-13)16(2,3)4/h13-15H,5-11H2,1-4H3/t13-,14+,15?. The van der Waals surface area contributed by atoms with Crippen LogP contribution in [0.3, 0.4) is 0 Å². The molecule has 3 nitrogen and oxygen atoms in total. The van der Waals surface area contributed by atoms with Gasteiger partial charge in [-0.3, -0.25) is 9.69 Å². The molecule has 0 spiro atoms. The molecule has 0 aromatic carbocycles. The molecule has 1 aliphatic carbocycles. The van der Waals surface area contributed by atoms with E-state index in [9.17, 15) is 4.79 Å². The fourth-order valence-electron chi connectivity index (χ4n) is 3.67. The fourth-order valence-corrected chi connectivity index (χ4v) is 3.67.